The van der Waals surface area contributed by atoms with Crippen LogP contribution in [0.1, 0.15) is 11.1 Å². The van der Waals surface area contributed by atoms with Crippen LogP contribution in [-0.4, -0.2) is 13.7 Å². The minimum atomic E-state index is 0.806. The number of anilines is 1. The van der Waals surface area contributed by atoms with Crippen molar-refractivity contribution in [3.8, 4) is 5.75 Å². The largest absolute Gasteiger partial charge is 0.496 e. The number of hydrogen-bond acceptors (Lipinski definition) is 2. The molecule has 0 atom stereocenters. The van der Waals surface area contributed by atoms with Crippen LogP contribution < -0.4 is 10.1 Å². The molecule has 0 aromatic heterocycles. The Morgan fingerprint density at radius 2 is 1.89 bits per heavy atom. The molecule has 0 fully saturated rings. The van der Waals surface area contributed by atoms with E-state index >= 15 is 0 Å². The maximum Gasteiger partial charge on any atom is 0.121 e. The summed E-state index contributed by atoms with van der Waals surface area (Å²) in [5.74, 6) is 0.922. The molecule has 0 aliphatic rings. The highest BCUT2D eigenvalue weighted by Gasteiger charge is 1.98. The van der Waals surface area contributed by atoms with E-state index in [1.165, 1.54) is 5.56 Å². The molecule has 0 unspecified atom stereocenters. The normalized spacial score (nSPS) is 10.6. The highest BCUT2D eigenvalue weighted by atomic mass is 16.5. The number of aryl methyl sites for hydroxylation is 1. The zero-order valence-corrected chi connectivity index (χ0v) is 11.4. The van der Waals surface area contributed by atoms with Gasteiger partial charge in [-0.25, -0.2) is 0 Å². The Bertz CT molecular complexity index is 546. The Kier molecular flexibility index (Phi) is 4.62. The van der Waals surface area contributed by atoms with Crippen LogP contribution >= 0.6 is 0 Å². The molecule has 0 saturated heterocycles. The molecule has 2 nitrogen and oxygen atoms in total. The van der Waals surface area contributed by atoms with Crippen molar-refractivity contribution in [2.75, 3.05) is 19.0 Å². The second kappa shape index (κ2) is 6.64. The molecule has 1 N–H and O–H groups in total. The highest BCUT2D eigenvalue weighted by molar-refractivity contribution is 5.53. The van der Waals surface area contributed by atoms with Crippen molar-refractivity contribution in [2.45, 2.75) is 6.92 Å². The standard InChI is InChI=1S/C17H19NO/c1-14-13-16(10-11-17(14)19-2)18-12-6-9-15-7-4-3-5-8-15/h3-11,13,18H,12H2,1-2H3. The topological polar surface area (TPSA) is 21.3 Å². The van der Waals surface area contributed by atoms with Crippen LogP contribution in [0.4, 0.5) is 5.69 Å². The van der Waals surface area contributed by atoms with Gasteiger partial charge in [0, 0.05) is 12.2 Å². The molecule has 2 aromatic rings. The zero-order chi connectivity index (χ0) is 13.5. The number of nitrogens with one attached hydrogen (secondary N) is 1. The van der Waals surface area contributed by atoms with Gasteiger partial charge in [0.25, 0.3) is 0 Å². The summed E-state index contributed by atoms with van der Waals surface area (Å²) in [7, 11) is 1.69. The molecule has 98 valence electrons. The molecule has 0 bridgehead atoms. The lowest BCUT2D eigenvalue weighted by Crippen LogP contribution is -1.98. The van der Waals surface area contributed by atoms with Crippen molar-refractivity contribution in [1.29, 1.82) is 0 Å². The summed E-state index contributed by atoms with van der Waals surface area (Å²) in [6.45, 7) is 2.85. The van der Waals surface area contributed by atoms with Crippen molar-refractivity contribution in [3.05, 3.63) is 65.7 Å². The quantitative estimate of drug-likeness (QED) is 0.865. The Hall–Kier alpha value is -2.22. The summed E-state index contributed by atoms with van der Waals surface area (Å²) in [6.07, 6.45) is 4.23. The van der Waals surface area contributed by atoms with Gasteiger partial charge in [-0.15, -0.1) is 0 Å². The summed E-state index contributed by atoms with van der Waals surface area (Å²) in [4.78, 5) is 0. The molecular formula is C17H19NO. The lowest BCUT2D eigenvalue weighted by molar-refractivity contribution is 0.412. The molecule has 2 rings (SSSR count). The third-order valence-electron chi connectivity index (χ3n) is 2.93. The number of ether oxygens (including phenoxy) is 1. The smallest absolute Gasteiger partial charge is 0.121 e. The highest BCUT2D eigenvalue weighted by Crippen LogP contribution is 2.21. The third-order valence-corrected chi connectivity index (χ3v) is 2.93. The summed E-state index contributed by atoms with van der Waals surface area (Å²) in [5, 5.41) is 3.36. The van der Waals surface area contributed by atoms with Crippen LogP contribution in [-0.2, 0) is 0 Å². The van der Waals surface area contributed by atoms with Crippen molar-refractivity contribution < 1.29 is 4.74 Å². The van der Waals surface area contributed by atoms with Crippen LogP contribution in [0.25, 0.3) is 6.08 Å². The van der Waals surface area contributed by atoms with Crippen LogP contribution in [0.15, 0.2) is 54.6 Å². The minimum absolute atomic E-state index is 0.806. The Morgan fingerprint density at radius 3 is 2.58 bits per heavy atom. The monoisotopic (exact) mass is 253 g/mol. The van der Waals surface area contributed by atoms with Crippen molar-refractivity contribution >= 4 is 11.8 Å². The number of rotatable bonds is 5. The van der Waals surface area contributed by atoms with E-state index in [0.717, 1.165) is 23.5 Å². The molecule has 0 aliphatic heterocycles. The summed E-state index contributed by atoms with van der Waals surface area (Å²) in [5.41, 5.74) is 3.46. The zero-order valence-electron chi connectivity index (χ0n) is 11.4. The van der Waals surface area contributed by atoms with Gasteiger partial charge in [-0.05, 0) is 36.2 Å². The molecule has 0 heterocycles. The van der Waals surface area contributed by atoms with E-state index in [2.05, 4.69) is 35.7 Å². The van der Waals surface area contributed by atoms with Crippen LogP contribution in [0.3, 0.4) is 0 Å². The van der Waals surface area contributed by atoms with Gasteiger partial charge in [0.05, 0.1) is 7.11 Å². The van der Waals surface area contributed by atoms with E-state index in [9.17, 15) is 0 Å². The first-order chi connectivity index (χ1) is 9.29. The molecule has 2 aromatic carbocycles. The number of benzene rings is 2. The predicted octanol–water partition coefficient (Wildman–Crippen LogP) is 4.13. The Labute approximate surface area is 114 Å². The second-order valence-electron chi connectivity index (χ2n) is 4.38. The molecule has 0 radical (unpaired) electrons. The third kappa shape index (κ3) is 3.88. The Balaban J connectivity index is 1.89. The molecule has 0 amide bonds. The van der Waals surface area contributed by atoms with E-state index in [1.807, 2.05) is 37.3 Å². The van der Waals surface area contributed by atoms with Crippen LogP contribution in [0, 0.1) is 6.92 Å². The average Bonchev–Trinajstić information content (AvgIpc) is 2.45. The fraction of sp³-hybridized carbons (Fsp3) is 0.176. The predicted molar refractivity (Wildman–Crippen MR) is 81.7 cm³/mol. The van der Waals surface area contributed by atoms with Gasteiger partial charge in [0.15, 0.2) is 0 Å². The van der Waals surface area contributed by atoms with Gasteiger partial charge in [-0.2, -0.15) is 0 Å². The summed E-state index contributed by atoms with van der Waals surface area (Å²) in [6, 6.07) is 16.4. The van der Waals surface area contributed by atoms with E-state index in [-0.39, 0.29) is 0 Å². The molecule has 0 spiro atoms. The fourth-order valence-corrected chi connectivity index (χ4v) is 1.92. The molecule has 2 heteroatoms. The van der Waals surface area contributed by atoms with Gasteiger partial charge < -0.3 is 10.1 Å². The van der Waals surface area contributed by atoms with E-state index in [0.29, 0.717) is 0 Å². The van der Waals surface area contributed by atoms with Crippen LogP contribution in [0.2, 0.25) is 0 Å². The van der Waals surface area contributed by atoms with Crippen LogP contribution in [0.5, 0.6) is 5.75 Å². The first kappa shape index (κ1) is 13.2. The summed E-state index contributed by atoms with van der Waals surface area (Å²) >= 11 is 0. The first-order valence-corrected chi connectivity index (χ1v) is 6.39. The van der Waals surface area contributed by atoms with Gasteiger partial charge in [-0.3, -0.25) is 0 Å². The maximum atomic E-state index is 5.24. The Morgan fingerprint density at radius 1 is 1.11 bits per heavy atom. The van der Waals surface area contributed by atoms with Gasteiger partial charge >= 0.3 is 0 Å². The average molecular weight is 253 g/mol. The second-order valence-corrected chi connectivity index (χ2v) is 4.38. The maximum absolute atomic E-state index is 5.24. The van der Waals surface area contributed by atoms with Gasteiger partial charge in [-0.1, -0.05) is 42.5 Å². The summed E-state index contributed by atoms with van der Waals surface area (Å²) < 4.78 is 5.24. The van der Waals surface area contributed by atoms with Crippen molar-refractivity contribution in [3.63, 3.8) is 0 Å². The molecule has 19 heavy (non-hydrogen) atoms. The van der Waals surface area contributed by atoms with Gasteiger partial charge in [0.1, 0.15) is 5.75 Å². The first-order valence-electron chi connectivity index (χ1n) is 6.39. The number of hydrogen-bond donors (Lipinski definition) is 1. The number of methoxy groups -OCH3 is 1. The SMILES string of the molecule is COc1ccc(NCC=Cc2ccccc2)cc1C. The lowest BCUT2D eigenvalue weighted by atomic mass is 10.2. The van der Waals surface area contributed by atoms with E-state index < -0.39 is 0 Å². The molecular weight excluding hydrogens is 234 g/mol. The molecule has 0 aliphatic carbocycles. The van der Waals surface area contributed by atoms with Crippen molar-refractivity contribution in [2.24, 2.45) is 0 Å². The minimum Gasteiger partial charge on any atom is -0.496 e. The molecule has 0 saturated carbocycles. The van der Waals surface area contributed by atoms with E-state index in [4.69, 9.17) is 4.74 Å². The lowest BCUT2D eigenvalue weighted by Gasteiger charge is -2.08. The van der Waals surface area contributed by atoms with Gasteiger partial charge in [0.2, 0.25) is 0 Å². The van der Waals surface area contributed by atoms with Crippen molar-refractivity contribution in [1.82, 2.24) is 0 Å². The van der Waals surface area contributed by atoms with E-state index in [1.54, 1.807) is 7.11 Å². The fourth-order valence-electron chi connectivity index (χ4n) is 1.92.